The van der Waals surface area contributed by atoms with Gasteiger partial charge in [0.2, 0.25) is 0 Å². The SMILES string of the molecule is CCCN(c1c(F)cc(CNC(C)(C)C)cc1F)C1CC1. The number of nitrogens with zero attached hydrogens (tertiary/aromatic N) is 1. The second-order valence-electron chi connectivity index (χ2n) is 6.94. The van der Waals surface area contributed by atoms with Gasteiger partial charge in [0.25, 0.3) is 0 Å². The molecule has 2 nitrogen and oxygen atoms in total. The summed E-state index contributed by atoms with van der Waals surface area (Å²) >= 11 is 0. The van der Waals surface area contributed by atoms with Crippen LogP contribution < -0.4 is 10.2 Å². The maximum atomic E-state index is 14.4. The second kappa shape index (κ2) is 6.30. The van der Waals surface area contributed by atoms with Crippen molar-refractivity contribution in [3.05, 3.63) is 29.3 Å². The highest BCUT2D eigenvalue weighted by Gasteiger charge is 2.32. The Morgan fingerprint density at radius 1 is 1.19 bits per heavy atom. The molecule has 0 spiro atoms. The second-order valence-corrected chi connectivity index (χ2v) is 6.94. The van der Waals surface area contributed by atoms with Crippen LogP contribution in [0.2, 0.25) is 0 Å². The summed E-state index contributed by atoms with van der Waals surface area (Å²) in [6.07, 6.45) is 2.96. The molecule has 4 heteroatoms. The van der Waals surface area contributed by atoms with Gasteiger partial charge >= 0.3 is 0 Å². The Hall–Kier alpha value is -1.16. The third kappa shape index (κ3) is 4.40. The molecule has 0 unspecified atom stereocenters. The molecule has 1 aliphatic rings. The summed E-state index contributed by atoms with van der Waals surface area (Å²) in [5.41, 5.74) is 0.725. The molecule has 0 saturated heterocycles. The van der Waals surface area contributed by atoms with Crippen LogP contribution in [-0.2, 0) is 6.54 Å². The lowest BCUT2D eigenvalue weighted by Gasteiger charge is -2.26. The van der Waals surface area contributed by atoms with E-state index in [-0.39, 0.29) is 11.2 Å². The van der Waals surface area contributed by atoms with Gasteiger partial charge in [0.1, 0.15) is 17.3 Å². The third-order valence-electron chi connectivity index (χ3n) is 3.64. The molecule has 1 fully saturated rings. The molecule has 0 heterocycles. The molecule has 1 aromatic carbocycles. The van der Waals surface area contributed by atoms with Gasteiger partial charge in [-0.25, -0.2) is 8.78 Å². The first-order valence-electron chi connectivity index (χ1n) is 7.81. The van der Waals surface area contributed by atoms with Crippen LogP contribution in [0.1, 0.15) is 52.5 Å². The van der Waals surface area contributed by atoms with Crippen LogP contribution in [-0.4, -0.2) is 18.1 Å². The van der Waals surface area contributed by atoms with Gasteiger partial charge in [-0.3, -0.25) is 0 Å². The maximum Gasteiger partial charge on any atom is 0.149 e. The van der Waals surface area contributed by atoms with Crippen molar-refractivity contribution in [3.63, 3.8) is 0 Å². The molecular formula is C17H26F2N2. The largest absolute Gasteiger partial charge is 0.364 e. The fourth-order valence-electron chi connectivity index (χ4n) is 2.47. The van der Waals surface area contributed by atoms with Gasteiger partial charge in [-0.15, -0.1) is 0 Å². The molecule has 0 amide bonds. The Morgan fingerprint density at radius 3 is 2.19 bits per heavy atom. The molecular weight excluding hydrogens is 270 g/mol. The van der Waals surface area contributed by atoms with Crippen molar-refractivity contribution in [2.75, 3.05) is 11.4 Å². The Bertz CT molecular complexity index is 467. The molecule has 0 aliphatic heterocycles. The number of anilines is 1. The minimum atomic E-state index is -0.443. The predicted octanol–water partition coefficient (Wildman–Crippen LogP) is 4.23. The van der Waals surface area contributed by atoms with Crippen molar-refractivity contribution in [3.8, 4) is 0 Å². The van der Waals surface area contributed by atoms with E-state index in [9.17, 15) is 8.78 Å². The van der Waals surface area contributed by atoms with E-state index in [4.69, 9.17) is 0 Å². The van der Waals surface area contributed by atoms with E-state index in [1.54, 1.807) is 0 Å². The van der Waals surface area contributed by atoms with Crippen molar-refractivity contribution in [2.45, 2.75) is 65.1 Å². The Morgan fingerprint density at radius 2 is 1.76 bits per heavy atom. The highest BCUT2D eigenvalue weighted by atomic mass is 19.1. The lowest BCUT2D eigenvalue weighted by Crippen LogP contribution is -2.35. The van der Waals surface area contributed by atoms with Gasteiger partial charge in [-0.1, -0.05) is 6.92 Å². The van der Waals surface area contributed by atoms with Gasteiger partial charge in [-0.05, 0) is 57.7 Å². The lowest BCUT2D eigenvalue weighted by molar-refractivity contribution is 0.422. The summed E-state index contributed by atoms with van der Waals surface area (Å²) in [5, 5.41) is 3.25. The predicted molar refractivity (Wildman–Crippen MR) is 83.6 cm³/mol. The van der Waals surface area contributed by atoms with E-state index >= 15 is 0 Å². The van der Waals surface area contributed by atoms with Gasteiger partial charge in [-0.2, -0.15) is 0 Å². The zero-order chi connectivity index (χ0) is 15.6. The maximum absolute atomic E-state index is 14.4. The normalized spacial score (nSPS) is 15.3. The summed E-state index contributed by atoms with van der Waals surface area (Å²) in [5.74, 6) is -0.887. The quantitative estimate of drug-likeness (QED) is 0.845. The smallest absolute Gasteiger partial charge is 0.149 e. The molecule has 21 heavy (non-hydrogen) atoms. The van der Waals surface area contributed by atoms with Gasteiger partial charge in [0, 0.05) is 24.7 Å². The molecule has 2 rings (SSSR count). The average Bonchev–Trinajstić information content (AvgIpc) is 3.18. The molecule has 1 N–H and O–H groups in total. The first-order chi connectivity index (χ1) is 9.81. The molecule has 0 atom stereocenters. The Balaban J connectivity index is 2.20. The Labute approximate surface area is 126 Å². The topological polar surface area (TPSA) is 15.3 Å². The van der Waals surface area contributed by atoms with Crippen molar-refractivity contribution >= 4 is 5.69 Å². The minimum absolute atomic E-state index is 0.0755. The first kappa shape index (κ1) is 16.2. The summed E-state index contributed by atoms with van der Waals surface area (Å²) < 4.78 is 28.8. The highest BCUT2D eigenvalue weighted by molar-refractivity contribution is 5.52. The van der Waals surface area contributed by atoms with Crippen LogP contribution in [0.15, 0.2) is 12.1 Å². The van der Waals surface area contributed by atoms with Gasteiger partial charge in [0.15, 0.2) is 0 Å². The first-order valence-corrected chi connectivity index (χ1v) is 7.81. The molecule has 0 radical (unpaired) electrons. The molecule has 1 aromatic rings. The summed E-state index contributed by atoms with van der Waals surface area (Å²) in [4.78, 5) is 1.89. The van der Waals surface area contributed by atoms with Crippen LogP contribution in [0.3, 0.4) is 0 Å². The van der Waals surface area contributed by atoms with Crippen molar-refractivity contribution in [1.29, 1.82) is 0 Å². The van der Waals surface area contributed by atoms with Gasteiger partial charge in [0.05, 0.1) is 0 Å². The summed E-state index contributed by atoms with van der Waals surface area (Å²) in [7, 11) is 0. The van der Waals surface area contributed by atoms with E-state index in [0.717, 1.165) is 19.3 Å². The zero-order valence-corrected chi connectivity index (χ0v) is 13.5. The van der Waals surface area contributed by atoms with Crippen molar-refractivity contribution < 1.29 is 8.78 Å². The molecule has 1 aliphatic carbocycles. The number of halogens is 2. The number of benzene rings is 1. The molecule has 0 bridgehead atoms. The molecule has 0 aromatic heterocycles. The van der Waals surface area contributed by atoms with Crippen LogP contribution in [0, 0.1) is 11.6 Å². The number of rotatable bonds is 6. The van der Waals surface area contributed by atoms with Crippen LogP contribution in [0.5, 0.6) is 0 Å². The third-order valence-corrected chi connectivity index (χ3v) is 3.64. The van der Waals surface area contributed by atoms with Crippen LogP contribution in [0.4, 0.5) is 14.5 Å². The van der Waals surface area contributed by atoms with Crippen LogP contribution >= 0.6 is 0 Å². The van der Waals surface area contributed by atoms with Crippen molar-refractivity contribution in [2.24, 2.45) is 0 Å². The summed E-state index contributed by atoms with van der Waals surface area (Å²) in [6, 6.07) is 3.23. The van der Waals surface area contributed by atoms with E-state index in [1.807, 2.05) is 32.6 Å². The van der Waals surface area contributed by atoms with E-state index in [0.29, 0.717) is 24.7 Å². The molecule has 118 valence electrons. The van der Waals surface area contributed by atoms with E-state index in [2.05, 4.69) is 5.32 Å². The monoisotopic (exact) mass is 296 g/mol. The zero-order valence-electron chi connectivity index (χ0n) is 13.5. The number of hydrogen-bond donors (Lipinski definition) is 1. The average molecular weight is 296 g/mol. The summed E-state index contributed by atoms with van der Waals surface area (Å²) in [6.45, 7) is 9.30. The minimum Gasteiger partial charge on any atom is -0.364 e. The van der Waals surface area contributed by atoms with E-state index < -0.39 is 11.6 Å². The standard InChI is InChI=1S/C17H26F2N2/c1-5-8-21(13-6-7-13)16-14(18)9-12(10-15(16)19)11-20-17(2,3)4/h9-10,13,20H,5-8,11H2,1-4H3. The number of nitrogens with one attached hydrogen (secondary N) is 1. The Kier molecular flexibility index (Phi) is 4.87. The fraction of sp³-hybridized carbons (Fsp3) is 0.647. The van der Waals surface area contributed by atoms with E-state index in [1.165, 1.54) is 12.1 Å². The van der Waals surface area contributed by atoms with Crippen molar-refractivity contribution in [1.82, 2.24) is 5.32 Å². The molecule has 1 saturated carbocycles. The highest BCUT2D eigenvalue weighted by Crippen LogP contribution is 2.35. The lowest BCUT2D eigenvalue weighted by atomic mass is 10.1. The number of hydrogen-bond acceptors (Lipinski definition) is 2. The fourth-order valence-corrected chi connectivity index (χ4v) is 2.47. The van der Waals surface area contributed by atoms with Crippen LogP contribution in [0.25, 0.3) is 0 Å². The van der Waals surface area contributed by atoms with Gasteiger partial charge < -0.3 is 10.2 Å².